The van der Waals surface area contributed by atoms with Crippen LogP contribution in [-0.2, 0) is 15.9 Å². The summed E-state index contributed by atoms with van der Waals surface area (Å²) in [5.74, 6) is 0.654. The molecule has 0 amide bonds. The first-order valence-corrected chi connectivity index (χ1v) is 8.20. The number of hydrogen-bond acceptors (Lipinski definition) is 3. The third-order valence-electron chi connectivity index (χ3n) is 4.46. The highest BCUT2D eigenvalue weighted by atomic mass is 16.5. The van der Waals surface area contributed by atoms with E-state index in [0.717, 1.165) is 39.1 Å². The Labute approximate surface area is 129 Å². The van der Waals surface area contributed by atoms with Crippen molar-refractivity contribution in [3.63, 3.8) is 0 Å². The Morgan fingerprint density at radius 3 is 2.48 bits per heavy atom. The smallest absolute Gasteiger partial charge is 0.0741 e. The molecular formula is C18H29NO2. The zero-order chi connectivity index (χ0) is 15.1. The highest BCUT2D eigenvalue weighted by Gasteiger charge is 2.21. The van der Waals surface area contributed by atoms with Crippen LogP contribution in [0, 0.1) is 5.92 Å². The lowest BCUT2D eigenvalue weighted by Crippen LogP contribution is -2.31. The van der Waals surface area contributed by atoms with Crippen molar-refractivity contribution in [2.75, 3.05) is 26.9 Å². The minimum absolute atomic E-state index is 0.172. The summed E-state index contributed by atoms with van der Waals surface area (Å²) in [6.45, 7) is 6.96. The van der Waals surface area contributed by atoms with Crippen molar-refractivity contribution < 1.29 is 9.47 Å². The van der Waals surface area contributed by atoms with Gasteiger partial charge in [0.25, 0.3) is 0 Å². The van der Waals surface area contributed by atoms with E-state index in [0.29, 0.717) is 5.92 Å². The Morgan fingerprint density at radius 2 is 1.90 bits per heavy atom. The molecule has 0 saturated carbocycles. The van der Waals surface area contributed by atoms with Gasteiger partial charge in [-0.05, 0) is 50.3 Å². The van der Waals surface area contributed by atoms with Crippen LogP contribution < -0.4 is 5.32 Å². The Bertz CT molecular complexity index is 398. The Hall–Kier alpha value is -0.900. The van der Waals surface area contributed by atoms with Crippen molar-refractivity contribution in [3.8, 4) is 0 Å². The lowest BCUT2D eigenvalue weighted by Gasteiger charge is -2.28. The highest BCUT2D eigenvalue weighted by Crippen LogP contribution is 2.22. The molecule has 3 nitrogen and oxygen atoms in total. The molecule has 21 heavy (non-hydrogen) atoms. The second kappa shape index (κ2) is 8.52. The van der Waals surface area contributed by atoms with Gasteiger partial charge < -0.3 is 14.8 Å². The zero-order valence-electron chi connectivity index (χ0n) is 13.6. The molecule has 1 aliphatic heterocycles. The SMILES string of the molecule is CCc1ccc(C(NC)C(C)OCC2CCOCC2)cc1. The standard InChI is InChI=1S/C18H29NO2/c1-4-15-5-7-17(8-6-15)18(19-3)14(2)21-13-16-9-11-20-12-10-16/h5-8,14,16,18-19H,4,9-13H2,1-3H3. The lowest BCUT2D eigenvalue weighted by molar-refractivity contribution is -0.0165. The molecular weight excluding hydrogens is 262 g/mol. The molecule has 2 atom stereocenters. The number of hydrogen-bond donors (Lipinski definition) is 1. The van der Waals surface area contributed by atoms with Crippen LogP contribution in [0.5, 0.6) is 0 Å². The molecule has 3 heteroatoms. The van der Waals surface area contributed by atoms with E-state index in [1.165, 1.54) is 11.1 Å². The fourth-order valence-electron chi connectivity index (χ4n) is 2.93. The Balaban J connectivity index is 1.88. The van der Waals surface area contributed by atoms with Crippen LogP contribution >= 0.6 is 0 Å². The molecule has 1 aromatic rings. The number of aryl methyl sites for hydroxylation is 1. The molecule has 118 valence electrons. The lowest BCUT2D eigenvalue weighted by atomic mass is 9.99. The summed E-state index contributed by atoms with van der Waals surface area (Å²) >= 11 is 0. The third-order valence-corrected chi connectivity index (χ3v) is 4.46. The van der Waals surface area contributed by atoms with Gasteiger partial charge in [0.1, 0.15) is 0 Å². The molecule has 1 aliphatic rings. The molecule has 1 aromatic carbocycles. The van der Waals surface area contributed by atoms with E-state index in [1.54, 1.807) is 0 Å². The monoisotopic (exact) mass is 291 g/mol. The maximum atomic E-state index is 6.13. The third kappa shape index (κ3) is 4.80. The fraction of sp³-hybridized carbons (Fsp3) is 0.667. The first kappa shape index (κ1) is 16.5. The van der Waals surface area contributed by atoms with Crippen molar-refractivity contribution >= 4 is 0 Å². The number of nitrogens with one attached hydrogen (secondary N) is 1. The molecule has 0 aromatic heterocycles. The molecule has 1 N–H and O–H groups in total. The van der Waals surface area contributed by atoms with Crippen LogP contribution in [-0.4, -0.2) is 33.0 Å². The van der Waals surface area contributed by atoms with Gasteiger partial charge in [-0.15, -0.1) is 0 Å². The van der Waals surface area contributed by atoms with Crippen LogP contribution in [0.25, 0.3) is 0 Å². The maximum Gasteiger partial charge on any atom is 0.0741 e. The van der Waals surface area contributed by atoms with Crippen LogP contribution in [0.1, 0.15) is 43.9 Å². The average molecular weight is 291 g/mol. The van der Waals surface area contributed by atoms with E-state index in [9.17, 15) is 0 Å². The second-order valence-electron chi connectivity index (χ2n) is 5.96. The van der Waals surface area contributed by atoms with E-state index >= 15 is 0 Å². The first-order chi connectivity index (χ1) is 10.2. The van der Waals surface area contributed by atoms with Crippen LogP contribution in [0.3, 0.4) is 0 Å². The second-order valence-corrected chi connectivity index (χ2v) is 5.96. The van der Waals surface area contributed by atoms with E-state index in [-0.39, 0.29) is 12.1 Å². The average Bonchev–Trinajstić information content (AvgIpc) is 2.55. The minimum Gasteiger partial charge on any atom is -0.381 e. The van der Waals surface area contributed by atoms with Gasteiger partial charge in [0.2, 0.25) is 0 Å². The predicted octanol–water partition coefficient (Wildman–Crippen LogP) is 3.34. The molecule has 0 bridgehead atoms. The van der Waals surface area contributed by atoms with E-state index in [2.05, 4.69) is 43.4 Å². The summed E-state index contributed by atoms with van der Waals surface area (Å²) < 4.78 is 11.5. The van der Waals surface area contributed by atoms with Gasteiger partial charge in [-0.25, -0.2) is 0 Å². The Kier molecular flexibility index (Phi) is 6.68. The maximum absolute atomic E-state index is 6.13. The number of benzene rings is 1. The highest BCUT2D eigenvalue weighted by molar-refractivity contribution is 5.25. The number of likely N-dealkylation sites (N-methyl/N-ethyl adjacent to an activating group) is 1. The molecule has 0 spiro atoms. The fourth-order valence-corrected chi connectivity index (χ4v) is 2.93. The van der Waals surface area contributed by atoms with Gasteiger partial charge in [-0.2, -0.15) is 0 Å². The van der Waals surface area contributed by atoms with Gasteiger partial charge in [-0.3, -0.25) is 0 Å². The first-order valence-electron chi connectivity index (χ1n) is 8.20. The zero-order valence-corrected chi connectivity index (χ0v) is 13.6. The van der Waals surface area contributed by atoms with Gasteiger partial charge in [0.05, 0.1) is 18.8 Å². The van der Waals surface area contributed by atoms with Gasteiger partial charge in [-0.1, -0.05) is 31.2 Å². The van der Waals surface area contributed by atoms with Crippen molar-refractivity contribution in [1.29, 1.82) is 0 Å². The molecule has 0 aliphatic carbocycles. The molecule has 1 saturated heterocycles. The quantitative estimate of drug-likeness (QED) is 0.836. The van der Waals surface area contributed by atoms with Gasteiger partial charge in [0.15, 0.2) is 0 Å². The van der Waals surface area contributed by atoms with Crippen molar-refractivity contribution in [3.05, 3.63) is 35.4 Å². The van der Waals surface area contributed by atoms with Crippen LogP contribution in [0.15, 0.2) is 24.3 Å². The van der Waals surface area contributed by atoms with Crippen molar-refractivity contribution in [2.24, 2.45) is 5.92 Å². The van der Waals surface area contributed by atoms with E-state index in [4.69, 9.17) is 9.47 Å². The molecule has 1 heterocycles. The van der Waals surface area contributed by atoms with Crippen molar-refractivity contribution in [2.45, 2.75) is 45.3 Å². The summed E-state index contributed by atoms with van der Waals surface area (Å²) in [6.07, 6.45) is 3.51. The summed E-state index contributed by atoms with van der Waals surface area (Å²) in [4.78, 5) is 0. The predicted molar refractivity (Wildman–Crippen MR) is 86.6 cm³/mol. The number of rotatable bonds is 7. The summed E-state index contributed by atoms with van der Waals surface area (Å²) in [6, 6.07) is 9.11. The van der Waals surface area contributed by atoms with Gasteiger partial charge in [0, 0.05) is 13.2 Å². The van der Waals surface area contributed by atoms with E-state index in [1.807, 2.05) is 7.05 Å². The Morgan fingerprint density at radius 1 is 1.24 bits per heavy atom. The molecule has 2 unspecified atom stereocenters. The van der Waals surface area contributed by atoms with Crippen molar-refractivity contribution in [1.82, 2.24) is 5.32 Å². The largest absolute Gasteiger partial charge is 0.381 e. The molecule has 2 rings (SSSR count). The topological polar surface area (TPSA) is 30.5 Å². The summed E-state index contributed by atoms with van der Waals surface area (Å²) in [7, 11) is 2.01. The number of ether oxygens (including phenoxy) is 2. The van der Waals surface area contributed by atoms with E-state index < -0.39 is 0 Å². The minimum atomic E-state index is 0.172. The normalized spacial score (nSPS) is 19.4. The summed E-state index contributed by atoms with van der Waals surface area (Å²) in [5, 5.41) is 3.39. The molecule has 1 fully saturated rings. The van der Waals surface area contributed by atoms with Crippen LogP contribution in [0.2, 0.25) is 0 Å². The van der Waals surface area contributed by atoms with Crippen LogP contribution in [0.4, 0.5) is 0 Å². The van der Waals surface area contributed by atoms with Gasteiger partial charge >= 0.3 is 0 Å². The molecule has 0 radical (unpaired) electrons. The summed E-state index contributed by atoms with van der Waals surface area (Å²) in [5.41, 5.74) is 2.68.